The van der Waals surface area contributed by atoms with Gasteiger partial charge in [0.25, 0.3) is 0 Å². The van der Waals surface area contributed by atoms with Gasteiger partial charge in [-0.1, -0.05) is 24.6 Å². The Labute approximate surface area is 76.1 Å². The Bertz CT molecular complexity index is 147. The van der Waals surface area contributed by atoms with Gasteiger partial charge >= 0.3 is 0 Å². The SMILES string of the molecule is C=CC(C)CCC=C(C)COC. The molecule has 1 unspecified atom stereocenters. The van der Waals surface area contributed by atoms with Crippen molar-refractivity contribution < 1.29 is 4.74 Å². The van der Waals surface area contributed by atoms with Gasteiger partial charge in [-0.3, -0.25) is 0 Å². The summed E-state index contributed by atoms with van der Waals surface area (Å²) in [5.74, 6) is 0.622. The Morgan fingerprint density at radius 1 is 1.58 bits per heavy atom. The van der Waals surface area contributed by atoms with Gasteiger partial charge in [-0.15, -0.1) is 6.58 Å². The molecule has 0 bridgehead atoms. The van der Waals surface area contributed by atoms with Crippen LogP contribution in [0.4, 0.5) is 0 Å². The lowest BCUT2D eigenvalue weighted by Gasteiger charge is -2.03. The molecule has 1 atom stereocenters. The largest absolute Gasteiger partial charge is 0.380 e. The molecule has 0 aromatic carbocycles. The zero-order valence-corrected chi connectivity index (χ0v) is 8.47. The van der Waals surface area contributed by atoms with Crippen LogP contribution >= 0.6 is 0 Å². The summed E-state index contributed by atoms with van der Waals surface area (Å²) >= 11 is 0. The van der Waals surface area contributed by atoms with Gasteiger partial charge in [-0.25, -0.2) is 0 Å². The van der Waals surface area contributed by atoms with Crippen LogP contribution in [0.3, 0.4) is 0 Å². The minimum atomic E-state index is 0.622. The van der Waals surface area contributed by atoms with E-state index >= 15 is 0 Å². The molecule has 0 saturated carbocycles. The second kappa shape index (κ2) is 7.11. The third-order valence-electron chi connectivity index (χ3n) is 1.89. The summed E-state index contributed by atoms with van der Waals surface area (Å²) in [6.45, 7) is 8.79. The summed E-state index contributed by atoms with van der Waals surface area (Å²) in [5.41, 5.74) is 1.31. The van der Waals surface area contributed by atoms with Gasteiger partial charge in [0.1, 0.15) is 0 Å². The number of methoxy groups -OCH3 is 1. The van der Waals surface area contributed by atoms with Crippen molar-refractivity contribution in [1.82, 2.24) is 0 Å². The molecule has 0 amide bonds. The predicted octanol–water partition coefficient (Wildman–Crippen LogP) is 3.18. The zero-order chi connectivity index (χ0) is 9.40. The zero-order valence-electron chi connectivity index (χ0n) is 8.47. The van der Waals surface area contributed by atoms with Gasteiger partial charge in [0.2, 0.25) is 0 Å². The van der Waals surface area contributed by atoms with Gasteiger partial charge in [-0.05, 0) is 25.7 Å². The molecule has 0 aliphatic carbocycles. The molecule has 0 fully saturated rings. The number of ether oxygens (including phenoxy) is 1. The quantitative estimate of drug-likeness (QED) is 0.553. The van der Waals surface area contributed by atoms with E-state index < -0.39 is 0 Å². The summed E-state index contributed by atoms with van der Waals surface area (Å²) < 4.78 is 5.00. The van der Waals surface area contributed by atoms with Gasteiger partial charge in [-0.2, -0.15) is 0 Å². The third-order valence-corrected chi connectivity index (χ3v) is 1.89. The molecule has 0 N–H and O–H groups in total. The van der Waals surface area contributed by atoms with E-state index in [0.717, 1.165) is 13.0 Å². The molecule has 0 aliphatic heterocycles. The number of hydrogen-bond acceptors (Lipinski definition) is 1. The van der Waals surface area contributed by atoms with Gasteiger partial charge < -0.3 is 4.74 Å². The number of rotatable bonds is 6. The van der Waals surface area contributed by atoms with Crippen LogP contribution < -0.4 is 0 Å². The van der Waals surface area contributed by atoms with Crippen LogP contribution in [0.25, 0.3) is 0 Å². The van der Waals surface area contributed by atoms with Crippen LogP contribution in [0, 0.1) is 5.92 Å². The summed E-state index contributed by atoms with van der Waals surface area (Å²) in [6, 6.07) is 0. The molecule has 0 aromatic rings. The van der Waals surface area contributed by atoms with Crippen molar-refractivity contribution in [2.45, 2.75) is 26.7 Å². The first kappa shape index (κ1) is 11.4. The van der Waals surface area contributed by atoms with E-state index in [1.165, 1.54) is 12.0 Å². The fourth-order valence-corrected chi connectivity index (χ4v) is 0.997. The first-order valence-electron chi connectivity index (χ1n) is 4.47. The summed E-state index contributed by atoms with van der Waals surface area (Å²) in [4.78, 5) is 0. The molecule has 12 heavy (non-hydrogen) atoms. The lowest BCUT2D eigenvalue weighted by Crippen LogP contribution is -1.91. The fraction of sp³-hybridized carbons (Fsp3) is 0.636. The number of hydrogen-bond donors (Lipinski definition) is 0. The summed E-state index contributed by atoms with van der Waals surface area (Å²) in [6.07, 6.45) is 6.55. The van der Waals surface area contributed by atoms with Crippen molar-refractivity contribution in [3.05, 3.63) is 24.3 Å². The smallest absolute Gasteiger partial charge is 0.0670 e. The average molecular weight is 168 g/mol. The molecule has 70 valence electrons. The average Bonchev–Trinajstić information content (AvgIpc) is 2.04. The second-order valence-electron chi connectivity index (χ2n) is 3.27. The van der Waals surface area contributed by atoms with Crippen molar-refractivity contribution in [1.29, 1.82) is 0 Å². The van der Waals surface area contributed by atoms with Gasteiger partial charge in [0.15, 0.2) is 0 Å². The van der Waals surface area contributed by atoms with Crippen molar-refractivity contribution in [2.75, 3.05) is 13.7 Å². The molecular formula is C11H20O. The van der Waals surface area contributed by atoms with Crippen LogP contribution in [0.2, 0.25) is 0 Å². The molecule has 0 radical (unpaired) electrons. The Morgan fingerprint density at radius 3 is 2.75 bits per heavy atom. The highest BCUT2D eigenvalue weighted by atomic mass is 16.5. The highest BCUT2D eigenvalue weighted by Crippen LogP contribution is 2.08. The van der Waals surface area contributed by atoms with Crippen molar-refractivity contribution in [2.24, 2.45) is 5.92 Å². The topological polar surface area (TPSA) is 9.23 Å². The highest BCUT2D eigenvalue weighted by Gasteiger charge is 1.93. The highest BCUT2D eigenvalue weighted by molar-refractivity contribution is 4.98. The van der Waals surface area contributed by atoms with Crippen LogP contribution in [0.1, 0.15) is 26.7 Å². The molecule has 1 nitrogen and oxygen atoms in total. The first-order valence-corrected chi connectivity index (χ1v) is 4.47. The fourth-order valence-electron chi connectivity index (χ4n) is 0.997. The van der Waals surface area contributed by atoms with E-state index in [4.69, 9.17) is 4.74 Å². The van der Waals surface area contributed by atoms with E-state index in [-0.39, 0.29) is 0 Å². The molecule has 0 heterocycles. The Balaban J connectivity index is 3.51. The van der Waals surface area contributed by atoms with Gasteiger partial charge in [0, 0.05) is 7.11 Å². The van der Waals surface area contributed by atoms with Crippen molar-refractivity contribution in [3.8, 4) is 0 Å². The standard InChI is InChI=1S/C11H20O/c1-5-10(2)7-6-8-11(3)9-12-4/h5,8,10H,1,6-7,9H2,2-4H3. The Kier molecular flexibility index (Phi) is 6.78. The summed E-state index contributed by atoms with van der Waals surface area (Å²) in [5, 5.41) is 0. The molecule has 1 heteroatoms. The first-order chi connectivity index (χ1) is 5.70. The molecule has 0 spiro atoms. The predicted molar refractivity (Wildman–Crippen MR) is 54.2 cm³/mol. The molecular weight excluding hydrogens is 148 g/mol. The number of allylic oxidation sites excluding steroid dienone is 2. The second-order valence-corrected chi connectivity index (χ2v) is 3.27. The maximum atomic E-state index is 5.00. The van der Waals surface area contributed by atoms with Crippen LogP contribution in [0.15, 0.2) is 24.3 Å². The van der Waals surface area contributed by atoms with Crippen LogP contribution in [0.5, 0.6) is 0 Å². The maximum absolute atomic E-state index is 5.00. The molecule has 0 rings (SSSR count). The Hall–Kier alpha value is -0.560. The van der Waals surface area contributed by atoms with Crippen molar-refractivity contribution in [3.63, 3.8) is 0 Å². The minimum Gasteiger partial charge on any atom is -0.380 e. The molecule has 0 aliphatic rings. The van der Waals surface area contributed by atoms with E-state index in [9.17, 15) is 0 Å². The normalized spacial score (nSPS) is 14.4. The van der Waals surface area contributed by atoms with E-state index in [1.54, 1.807) is 7.11 Å². The van der Waals surface area contributed by atoms with E-state index in [2.05, 4.69) is 26.5 Å². The Morgan fingerprint density at radius 2 is 2.25 bits per heavy atom. The third kappa shape index (κ3) is 6.17. The van der Waals surface area contributed by atoms with E-state index in [1.807, 2.05) is 6.08 Å². The maximum Gasteiger partial charge on any atom is 0.0670 e. The van der Waals surface area contributed by atoms with E-state index in [0.29, 0.717) is 5.92 Å². The molecule has 0 saturated heterocycles. The van der Waals surface area contributed by atoms with Crippen LogP contribution in [-0.4, -0.2) is 13.7 Å². The minimum absolute atomic E-state index is 0.622. The van der Waals surface area contributed by atoms with Gasteiger partial charge in [0.05, 0.1) is 6.61 Å². The monoisotopic (exact) mass is 168 g/mol. The molecule has 0 aromatic heterocycles. The lowest BCUT2D eigenvalue weighted by atomic mass is 10.1. The van der Waals surface area contributed by atoms with Crippen LogP contribution in [-0.2, 0) is 4.74 Å². The lowest BCUT2D eigenvalue weighted by molar-refractivity contribution is 0.225. The summed E-state index contributed by atoms with van der Waals surface area (Å²) in [7, 11) is 1.73. The van der Waals surface area contributed by atoms with Crippen molar-refractivity contribution >= 4 is 0 Å².